The summed E-state index contributed by atoms with van der Waals surface area (Å²) in [7, 11) is 0. The number of benzene rings is 2. The Morgan fingerprint density at radius 3 is 2.24 bits per heavy atom. The van der Waals surface area contributed by atoms with E-state index in [1.54, 1.807) is 0 Å². The lowest BCUT2D eigenvalue weighted by Crippen LogP contribution is -2.35. The Balaban J connectivity index is 2.19. The van der Waals surface area contributed by atoms with Crippen molar-refractivity contribution in [3.05, 3.63) is 71.8 Å². The third-order valence-electron chi connectivity index (χ3n) is 3.32. The van der Waals surface area contributed by atoms with Gasteiger partial charge in [-0.25, -0.2) is 0 Å². The van der Waals surface area contributed by atoms with E-state index in [1.807, 2.05) is 61.7 Å². The van der Waals surface area contributed by atoms with Gasteiger partial charge < -0.3 is 4.74 Å². The lowest BCUT2D eigenvalue weighted by molar-refractivity contribution is -0.0164. The zero-order valence-electron chi connectivity index (χ0n) is 12.2. The second-order valence-electron chi connectivity index (χ2n) is 4.81. The average Bonchev–Trinajstić information content (AvgIpc) is 2.56. The van der Waals surface area contributed by atoms with Gasteiger partial charge in [0.2, 0.25) is 0 Å². The molecule has 0 radical (unpaired) electrons. The summed E-state index contributed by atoms with van der Waals surface area (Å²) in [5.74, 6) is 0. The van der Waals surface area contributed by atoms with E-state index in [4.69, 9.17) is 4.74 Å². The van der Waals surface area contributed by atoms with Crippen LogP contribution in [0.1, 0.15) is 18.1 Å². The van der Waals surface area contributed by atoms with Crippen LogP contribution in [-0.2, 0) is 10.3 Å². The fourth-order valence-corrected chi connectivity index (χ4v) is 2.90. The zero-order chi connectivity index (χ0) is 15.0. The molecule has 2 aromatic carbocycles. The minimum absolute atomic E-state index is 0.415. The summed E-state index contributed by atoms with van der Waals surface area (Å²) in [5.41, 5.74) is 1.83. The molecule has 0 aliphatic heterocycles. The Bertz CT molecular complexity index is 556. The van der Waals surface area contributed by atoms with Crippen molar-refractivity contribution in [1.82, 2.24) is 0 Å². The van der Waals surface area contributed by atoms with Gasteiger partial charge in [-0.2, -0.15) is 0 Å². The quantitative estimate of drug-likeness (QED) is 0.537. The molecule has 0 saturated heterocycles. The first kappa shape index (κ1) is 15.9. The van der Waals surface area contributed by atoms with Gasteiger partial charge in [0.25, 0.3) is 0 Å². The van der Waals surface area contributed by atoms with E-state index in [0.717, 1.165) is 11.1 Å². The van der Waals surface area contributed by atoms with Gasteiger partial charge in [-0.3, -0.25) is 4.99 Å². The third kappa shape index (κ3) is 4.26. The molecule has 3 heteroatoms. The number of hydrogen-bond acceptors (Lipinski definition) is 2. The highest BCUT2D eigenvalue weighted by Gasteiger charge is 2.31. The number of aliphatic imine (C=N–C) groups is 1. The monoisotopic (exact) mass is 345 g/mol. The normalized spacial score (nSPS) is 14.2. The van der Waals surface area contributed by atoms with Crippen LogP contribution in [0.4, 0.5) is 0 Å². The van der Waals surface area contributed by atoms with E-state index in [0.29, 0.717) is 18.5 Å². The maximum absolute atomic E-state index is 6.04. The van der Waals surface area contributed by atoms with E-state index in [9.17, 15) is 0 Å². The summed E-state index contributed by atoms with van der Waals surface area (Å²) in [4.78, 5) is 4.60. The SMILES string of the molecule is CCOC(CBr)(CN=Cc1ccccc1)c1ccccc1. The number of ether oxygens (including phenoxy) is 1. The number of nitrogens with zero attached hydrogens (tertiary/aromatic N) is 1. The summed E-state index contributed by atoms with van der Waals surface area (Å²) < 4.78 is 6.04. The molecule has 0 aliphatic carbocycles. The highest BCUT2D eigenvalue weighted by Crippen LogP contribution is 2.28. The molecule has 1 atom stereocenters. The standard InChI is InChI=1S/C18H20BrNO/c1-2-21-18(14-19,17-11-7-4-8-12-17)15-20-13-16-9-5-3-6-10-16/h3-13H,2,14-15H2,1H3. The van der Waals surface area contributed by atoms with Crippen LogP contribution in [0, 0.1) is 0 Å². The topological polar surface area (TPSA) is 21.6 Å². The highest BCUT2D eigenvalue weighted by atomic mass is 79.9. The molecule has 0 spiro atoms. The van der Waals surface area contributed by atoms with Crippen LogP contribution in [0.25, 0.3) is 0 Å². The Hall–Kier alpha value is -1.45. The number of alkyl halides is 1. The van der Waals surface area contributed by atoms with Crippen molar-refractivity contribution >= 4 is 22.1 Å². The lowest BCUT2D eigenvalue weighted by Gasteiger charge is -2.30. The molecule has 21 heavy (non-hydrogen) atoms. The Morgan fingerprint density at radius 2 is 1.67 bits per heavy atom. The average molecular weight is 346 g/mol. The Labute approximate surface area is 135 Å². The molecule has 0 amide bonds. The van der Waals surface area contributed by atoms with E-state index in [1.165, 1.54) is 0 Å². The molecule has 0 N–H and O–H groups in total. The van der Waals surface area contributed by atoms with Crippen molar-refractivity contribution in [1.29, 1.82) is 0 Å². The molecule has 0 saturated carbocycles. The molecular formula is C18H20BrNO. The van der Waals surface area contributed by atoms with Crippen molar-refractivity contribution in [3.8, 4) is 0 Å². The van der Waals surface area contributed by atoms with Crippen LogP contribution < -0.4 is 0 Å². The largest absolute Gasteiger partial charge is 0.368 e. The molecule has 2 nitrogen and oxygen atoms in total. The van der Waals surface area contributed by atoms with Gasteiger partial charge >= 0.3 is 0 Å². The maximum Gasteiger partial charge on any atom is 0.122 e. The minimum Gasteiger partial charge on any atom is -0.368 e. The molecule has 0 heterocycles. The van der Waals surface area contributed by atoms with Gasteiger partial charge in [-0.05, 0) is 18.1 Å². The lowest BCUT2D eigenvalue weighted by atomic mass is 9.95. The number of halogens is 1. The van der Waals surface area contributed by atoms with Gasteiger partial charge in [0.15, 0.2) is 0 Å². The number of hydrogen-bond donors (Lipinski definition) is 0. The minimum atomic E-state index is -0.415. The van der Waals surface area contributed by atoms with Crippen LogP contribution >= 0.6 is 15.9 Å². The van der Waals surface area contributed by atoms with Crippen molar-refractivity contribution < 1.29 is 4.74 Å². The number of rotatable bonds is 7. The first-order valence-electron chi connectivity index (χ1n) is 7.11. The fourth-order valence-electron chi connectivity index (χ4n) is 2.23. The van der Waals surface area contributed by atoms with Crippen molar-refractivity contribution in [2.45, 2.75) is 12.5 Å². The van der Waals surface area contributed by atoms with Gasteiger partial charge in [-0.1, -0.05) is 76.6 Å². The summed E-state index contributed by atoms with van der Waals surface area (Å²) in [6.07, 6.45) is 1.90. The van der Waals surface area contributed by atoms with E-state index < -0.39 is 5.60 Å². The second-order valence-corrected chi connectivity index (χ2v) is 5.37. The van der Waals surface area contributed by atoms with E-state index in [-0.39, 0.29) is 0 Å². The molecule has 2 aromatic rings. The zero-order valence-corrected chi connectivity index (χ0v) is 13.8. The van der Waals surface area contributed by atoms with Crippen LogP contribution in [0.15, 0.2) is 65.7 Å². The van der Waals surface area contributed by atoms with Crippen molar-refractivity contribution in [3.63, 3.8) is 0 Å². The first-order chi connectivity index (χ1) is 10.3. The molecule has 0 fully saturated rings. The van der Waals surface area contributed by atoms with Crippen molar-refractivity contribution in [2.75, 3.05) is 18.5 Å². The van der Waals surface area contributed by atoms with Crippen molar-refractivity contribution in [2.24, 2.45) is 4.99 Å². The van der Waals surface area contributed by atoms with E-state index >= 15 is 0 Å². The predicted octanol–water partition coefficient (Wildman–Crippen LogP) is 4.43. The van der Waals surface area contributed by atoms with Gasteiger partial charge in [0.1, 0.15) is 5.60 Å². The highest BCUT2D eigenvalue weighted by molar-refractivity contribution is 9.09. The van der Waals surface area contributed by atoms with Crippen LogP contribution in [0.2, 0.25) is 0 Å². The molecule has 2 rings (SSSR count). The predicted molar refractivity (Wildman–Crippen MR) is 92.4 cm³/mol. The summed E-state index contributed by atoms with van der Waals surface area (Å²) in [6.45, 7) is 3.26. The smallest absolute Gasteiger partial charge is 0.122 e. The van der Waals surface area contributed by atoms with Crippen LogP contribution in [-0.4, -0.2) is 24.7 Å². The molecule has 0 aliphatic rings. The summed E-state index contributed by atoms with van der Waals surface area (Å²) in [6, 6.07) is 20.4. The molecular weight excluding hydrogens is 326 g/mol. The Morgan fingerprint density at radius 1 is 1.05 bits per heavy atom. The molecule has 1 unspecified atom stereocenters. The Kier molecular flexibility index (Phi) is 6.15. The second kappa shape index (κ2) is 8.11. The summed E-state index contributed by atoms with van der Waals surface area (Å²) >= 11 is 3.60. The van der Waals surface area contributed by atoms with Gasteiger partial charge in [0.05, 0.1) is 6.54 Å². The van der Waals surface area contributed by atoms with E-state index in [2.05, 4.69) is 33.1 Å². The molecule has 0 bridgehead atoms. The van der Waals surface area contributed by atoms with Gasteiger partial charge in [0, 0.05) is 18.2 Å². The van der Waals surface area contributed by atoms with Crippen LogP contribution in [0.3, 0.4) is 0 Å². The van der Waals surface area contributed by atoms with Gasteiger partial charge in [-0.15, -0.1) is 0 Å². The summed E-state index contributed by atoms with van der Waals surface area (Å²) in [5, 5.41) is 0.712. The maximum atomic E-state index is 6.04. The first-order valence-corrected chi connectivity index (χ1v) is 8.23. The van der Waals surface area contributed by atoms with Crippen LogP contribution in [0.5, 0.6) is 0 Å². The fraction of sp³-hybridized carbons (Fsp3) is 0.278. The molecule has 110 valence electrons. The molecule has 0 aromatic heterocycles. The third-order valence-corrected chi connectivity index (χ3v) is 4.23.